The lowest BCUT2D eigenvalue weighted by molar-refractivity contribution is 0.0995. The van der Waals surface area contributed by atoms with Crippen LogP contribution in [0.4, 0.5) is 20.2 Å². The number of thiocarbonyl (C=S) groups is 1. The second-order valence-corrected chi connectivity index (χ2v) is 7.22. The average molecular weight is 493 g/mol. The molecule has 0 spiro atoms. The first kappa shape index (κ1) is 21.6. The van der Waals surface area contributed by atoms with Crippen LogP contribution in [-0.4, -0.2) is 16.7 Å². The fourth-order valence-corrected chi connectivity index (χ4v) is 2.85. The van der Waals surface area contributed by atoms with Gasteiger partial charge in [0.1, 0.15) is 11.6 Å². The highest BCUT2D eigenvalue weighted by molar-refractivity contribution is 9.10. The normalized spacial score (nSPS) is 11.1. The topological polar surface area (TPSA) is 78.7 Å². The first-order valence-electron chi connectivity index (χ1n) is 8.55. The molecule has 3 N–H and O–H groups in total. The van der Waals surface area contributed by atoms with E-state index in [-0.39, 0.29) is 16.6 Å². The van der Waals surface area contributed by atoms with Gasteiger partial charge in [0, 0.05) is 11.8 Å². The maximum Gasteiger partial charge on any atom is 0.291 e. The second-order valence-electron chi connectivity index (χ2n) is 6.03. The Labute approximate surface area is 184 Å². The van der Waals surface area contributed by atoms with Crippen molar-refractivity contribution < 1.29 is 18.0 Å². The van der Waals surface area contributed by atoms with E-state index in [1.165, 1.54) is 6.07 Å². The average Bonchev–Trinajstić information content (AvgIpc) is 3.15. The molecule has 154 valence electrons. The SMILES string of the molecule is C/C(=N\NC(=S)Nc1ccc(F)cc1F)c1cccc(NC(=O)c2ccc(Br)o2)c1. The van der Waals surface area contributed by atoms with E-state index in [1.807, 2.05) is 0 Å². The molecule has 0 unspecified atom stereocenters. The van der Waals surface area contributed by atoms with Gasteiger partial charge in [0.15, 0.2) is 15.5 Å². The maximum absolute atomic E-state index is 13.7. The summed E-state index contributed by atoms with van der Waals surface area (Å²) in [5.74, 6) is -1.68. The fourth-order valence-electron chi connectivity index (χ4n) is 2.39. The number of hydrazone groups is 1. The summed E-state index contributed by atoms with van der Waals surface area (Å²) >= 11 is 8.23. The van der Waals surface area contributed by atoms with Crippen LogP contribution in [0, 0.1) is 11.6 Å². The van der Waals surface area contributed by atoms with Crippen molar-refractivity contribution in [2.75, 3.05) is 10.6 Å². The number of benzene rings is 2. The minimum Gasteiger partial charge on any atom is -0.444 e. The quantitative estimate of drug-likeness (QED) is 0.256. The lowest BCUT2D eigenvalue weighted by atomic mass is 10.1. The number of halogens is 3. The number of hydrogen-bond donors (Lipinski definition) is 3. The molecule has 0 fully saturated rings. The van der Waals surface area contributed by atoms with Gasteiger partial charge in [0.2, 0.25) is 0 Å². The number of hydrogen-bond acceptors (Lipinski definition) is 4. The number of amides is 1. The van der Waals surface area contributed by atoms with Crippen molar-refractivity contribution in [2.45, 2.75) is 6.92 Å². The van der Waals surface area contributed by atoms with Crippen LogP contribution >= 0.6 is 28.1 Å². The highest BCUT2D eigenvalue weighted by Gasteiger charge is 2.11. The summed E-state index contributed by atoms with van der Waals surface area (Å²) in [6.07, 6.45) is 0. The Hall–Kier alpha value is -3.11. The molecule has 30 heavy (non-hydrogen) atoms. The number of rotatable bonds is 5. The molecule has 0 radical (unpaired) electrons. The number of nitrogens with one attached hydrogen (secondary N) is 3. The van der Waals surface area contributed by atoms with Crippen molar-refractivity contribution >= 4 is 56.3 Å². The van der Waals surface area contributed by atoms with Gasteiger partial charge in [0.25, 0.3) is 5.91 Å². The van der Waals surface area contributed by atoms with Crippen LogP contribution in [0.5, 0.6) is 0 Å². The Kier molecular flexibility index (Phi) is 6.91. The molecule has 0 aliphatic rings. The highest BCUT2D eigenvalue weighted by atomic mass is 79.9. The summed E-state index contributed by atoms with van der Waals surface area (Å²) in [6, 6.07) is 13.3. The van der Waals surface area contributed by atoms with E-state index in [9.17, 15) is 13.6 Å². The van der Waals surface area contributed by atoms with Crippen LogP contribution in [-0.2, 0) is 0 Å². The summed E-state index contributed by atoms with van der Waals surface area (Å²) < 4.78 is 32.3. The van der Waals surface area contributed by atoms with Crippen molar-refractivity contribution in [3.05, 3.63) is 82.2 Å². The Morgan fingerprint density at radius 1 is 1.10 bits per heavy atom. The van der Waals surface area contributed by atoms with Crippen LogP contribution in [0.15, 0.2) is 68.8 Å². The molecule has 3 aromatic rings. The summed E-state index contributed by atoms with van der Waals surface area (Å²) in [7, 11) is 0. The van der Waals surface area contributed by atoms with Crippen LogP contribution in [0.2, 0.25) is 0 Å². The molecule has 1 amide bonds. The minimum atomic E-state index is -0.771. The molecule has 6 nitrogen and oxygen atoms in total. The van der Waals surface area contributed by atoms with Gasteiger partial charge in [0.05, 0.1) is 11.4 Å². The zero-order valence-electron chi connectivity index (χ0n) is 15.5. The zero-order chi connectivity index (χ0) is 21.7. The fraction of sp³-hybridized carbons (Fsp3) is 0.0500. The summed E-state index contributed by atoms with van der Waals surface area (Å²) in [6.45, 7) is 1.73. The highest BCUT2D eigenvalue weighted by Crippen LogP contribution is 2.17. The van der Waals surface area contributed by atoms with Gasteiger partial charge in [-0.3, -0.25) is 10.2 Å². The van der Waals surface area contributed by atoms with Crippen molar-refractivity contribution in [2.24, 2.45) is 5.10 Å². The number of carbonyl (C=O) groups is 1. The Balaban J connectivity index is 1.63. The predicted octanol–water partition coefficient (Wildman–Crippen LogP) is 5.28. The van der Waals surface area contributed by atoms with E-state index in [1.54, 1.807) is 43.3 Å². The maximum atomic E-state index is 13.7. The molecular weight excluding hydrogens is 478 g/mol. The third kappa shape index (κ3) is 5.71. The van der Waals surface area contributed by atoms with Gasteiger partial charge in [-0.1, -0.05) is 12.1 Å². The zero-order valence-corrected chi connectivity index (χ0v) is 17.9. The molecule has 0 aliphatic carbocycles. The van der Waals surface area contributed by atoms with E-state index < -0.39 is 17.5 Å². The summed E-state index contributed by atoms with van der Waals surface area (Å²) in [4.78, 5) is 12.2. The van der Waals surface area contributed by atoms with E-state index in [4.69, 9.17) is 16.6 Å². The van der Waals surface area contributed by atoms with Crippen molar-refractivity contribution in [3.63, 3.8) is 0 Å². The van der Waals surface area contributed by atoms with Gasteiger partial charge >= 0.3 is 0 Å². The van der Waals surface area contributed by atoms with E-state index in [2.05, 4.69) is 37.1 Å². The van der Waals surface area contributed by atoms with Gasteiger partial charge in [-0.25, -0.2) is 8.78 Å². The molecule has 2 aromatic carbocycles. The number of anilines is 2. The van der Waals surface area contributed by atoms with Gasteiger partial charge < -0.3 is 15.1 Å². The van der Waals surface area contributed by atoms with Crippen molar-refractivity contribution in [3.8, 4) is 0 Å². The monoisotopic (exact) mass is 492 g/mol. The second kappa shape index (κ2) is 9.59. The lowest BCUT2D eigenvalue weighted by Gasteiger charge is -2.10. The van der Waals surface area contributed by atoms with E-state index in [0.29, 0.717) is 16.1 Å². The summed E-state index contributed by atoms with van der Waals surface area (Å²) in [5.41, 5.74) is 4.46. The standard InChI is InChI=1S/C20H15BrF2N4O2S/c1-11(26-27-20(30)25-16-6-5-13(22)10-15(16)23)12-3-2-4-14(9-12)24-19(28)17-7-8-18(21)29-17/h2-10H,1H3,(H,24,28)(H2,25,27,30)/b26-11+. The Bertz CT molecular complexity index is 1130. The summed E-state index contributed by atoms with van der Waals surface area (Å²) in [5, 5.41) is 9.52. The van der Waals surface area contributed by atoms with Crippen molar-refractivity contribution in [1.29, 1.82) is 0 Å². The van der Waals surface area contributed by atoms with Gasteiger partial charge in [-0.05, 0) is 77.0 Å². The molecule has 1 heterocycles. The number of furan rings is 1. The Morgan fingerprint density at radius 2 is 1.90 bits per heavy atom. The first-order chi connectivity index (χ1) is 14.3. The van der Waals surface area contributed by atoms with Crippen LogP contribution in [0.3, 0.4) is 0 Å². The molecule has 0 atom stereocenters. The number of nitrogens with zero attached hydrogens (tertiary/aromatic N) is 1. The van der Waals surface area contributed by atoms with Crippen LogP contribution in [0.1, 0.15) is 23.0 Å². The lowest BCUT2D eigenvalue weighted by Crippen LogP contribution is -2.25. The molecule has 1 aromatic heterocycles. The molecule has 10 heteroatoms. The third-order valence-electron chi connectivity index (χ3n) is 3.84. The van der Waals surface area contributed by atoms with Crippen LogP contribution in [0.25, 0.3) is 0 Å². The molecule has 0 saturated carbocycles. The third-order valence-corrected chi connectivity index (χ3v) is 4.46. The Morgan fingerprint density at radius 3 is 2.60 bits per heavy atom. The first-order valence-corrected chi connectivity index (χ1v) is 9.75. The van der Waals surface area contributed by atoms with E-state index >= 15 is 0 Å². The predicted molar refractivity (Wildman–Crippen MR) is 119 cm³/mol. The van der Waals surface area contributed by atoms with Crippen LogP contribution < -0.4 is 16.1 Å². The smallest absolute Gasteiger partial charge is 0.291 e. The largest absolute Gasteiger partial charge is 0.444 e. The minimum absolute atomic E-state index is 0.0241. The van der Waals surface area contributed by atoms with Crippen molar-refractivity contribution in [1.82, 2.24) is 5.43 Å². The van der Waals surface area contributed by atoms with Gasteiger partial charge in [-0.15, -0.1) is 0 Å². The molecular formula is C20H15BrF2N4O2S. The molecule has 0 bridgehead atoms. The van der Waals surface area contributed by atoms with E-state index in [0.717, 1.165) is 17.7 Å². The number of carbonyl (C=O) groups excluding carboxylic acids is 1. The molecule has 0 saturated heterocycles. The molecule has 0 aliphatic heterocycles. The van der Waals surface area contributed by atoms with Gasteiger partial charge in [-0.2, -0.15) is 5.10 Å². The molecule has 3 rings (SSSR count).